The summed E-state index contributed by atoms with van der Waals surface area (Å²) in [5.41, 5.74) is 0. The lowest BCUT2D eigenvalue weighted by Crippen LogP contribution is -2.27. The minimum Gasteiger partial charge on any atom is -0.384 e. The number of carbonyl (C=O) groups excluding carboxylic acids is 1. The zero-order valence-corrected chi connectivity index (χ0v) is 5.28. The molecule has 0 aromatic heterocycles. The van der Waals surface area contributed by atoms with Crippen LogP contribution in [-0.2, 0) is 4.79 Å². The highest BCUT2D eigenvalue weighted by molar-refractivity contribution is 7.99. The molecule has 2 nitrogen and oxygen atoms in total. The Balaban J connectivity index is 2.39. The normalized spacial score (nSPS) is 30.6. The monoisotopic (exact) mass is 132 g/mol. The summed E-state index contributed by atoms with van der Waals surface area (Å²) in [6.45, 7) is 0. The number of thioether (sulfide) groups is 1. The van der Waals surface area contributed by atoms with Gasteiger partial charge >= 0.3 is 0 Å². The fraction of sp³-hybridized carbons (Fsp3) is 0.800. The molecule has 1 aliphatic rings. The number of ketones is 1. The predicted octanol–water partition coefficient (Wildman–Crippen LogP) is 0.0533. The fourth-order valence-electron chi connectivity index (χ4n) is 0.627. The molecule has 0 aliphatic carbocycles. The smallest absolute Gasteiger partial charge is 0.162 e. The van der Waals surface area contributed by atoms with Gasteiger partial charge in [-0.2, -0.15) is 11.8 Å². The summed E-state index contributed by atoms with van der Waals surface area (Å²) in [6, 6.07) is 0. The molecule has 1 rings (SSSR count). The molecule has 0 radical (unpaired) electrons. The van der Waals surface area contributed by atoms with Gasteiger partial charge in [0.1, 0.15) is 6.10 Å². The summed E-state index contributed by atoms with van der Waals surface area (Å²) in [5, 5.41) is 8.81. The van der Waals surface area contributed by atoms with E-state index in [-0.39, 0.29) is 5.78 Å². The Kier molecular flexibility index (Phi) is 1.91. The van der Waals surface area contributed by atoms with Crippen LogP contribution in [0.2, 0.25) is 0 Å². The van der Waals surface area contributed by atoms with Gasteiger partial charge in [0.15, 0.2) is 5.78 Å². The van der Waals surface area contributed by atoms with Crippen molar-refractivity contribution in [3.05, 3.63) is 0 Å². The molecule has 1 heterocycles. The van der Waals surface area contributed by atoms with Gasteiger partial charge in [0.2, 0.25) is 0 Å². The molecule has 0 aromatic rings. The van der Waals surface area contributed by atoms with Gasteiger partial charge in [0.05, 0.1) is 0 Å². The molecule has 1 saturated heterocycles. The predicted molar refractivity (Wildman–Crippen MR) is 33.0 cm³/mol. The summed E-state index contributed by atoms with van der Waals surface area (Å²) < 4.78 is 0. The Bertz CT molecular complexity index is 103. The maximum atomic E-state index is 10.5. The molecular formula is C5H8O2S. The minimum absolute atomic E-state index is 0.00347. The van der Waals surface area contributed by atoms with Gasteiger partial charge < -0.3 is 5.11 Å². The van der Waals surface area contributed by atoms with Crippen molar-refractivity contribution in [2.75, 3.05) is 11.5 Å². The summed E-state index contributed by atoms with van der Waals surface area (Å²) >= 11 is 1.64. The Labute approximate surface area is 52.3 Å². The third-order valence-electron chi connectivity index (χ3n) is 1.14. The zero-order valence-electron chi connectivity index (χ0n) is 4.46. The number of aliphatic hydroxyl groups is 1. The number of hydrogen-bond donors (Lipinski definition) is 1. The Morgan fingerprint density at radius 2 is 2.50 bits per heavy atom. The van der Waals surface area contributed by atoms with Crippen LogP contribution in [0.15, 0.2) is 0 Å². The van der Waals surface area contributed by atoms with Crippen LogP contribution < -0.4 is 0 Å². The highest BCUT2D eigenvalue weighted by Gasteiger charge is 2.18. The highest BCUT2D eigenvalue weighted by Crippen LogP contribution is 2.13. The molecule has 1 aliphatic heterocycles. The standard InChI is InChI=1S/C5H8O2S/c6-4-1-2-8-3-5(4)7/h5,7H,1-3H2/t5-/m1/s1. The van der Waals surface area contributed by atoms with E-state index >= 15 is 0 Å². The first-order valence-corrected chi connectivity index (χ1v) is 3.74. The maximum Gasteiger partial charge on any atom is 0.162 e. The Morgan fingerprint density at radius 3 is 2.88 bits per heavy atom. The largest absolute Gasteiger partial charge is 0.384 e. The molecule has 1 N–H and O–H groups in total. The van der Waals surface area contributed by atoms with Gasteiger partial charge in [-0.15, -0.1) is 0 Å². The second kappa shape index (κ2) is 2.51. The van der Waals surface area contributed by atoms with E-state index in [4.69, 9.17) is 5.11 Å². The minimum atomic E-state index is -0.672. The number of Topliss-reactive ketones (excluding diaryl/α,β-unsaturated/α-hetero) is 1. The average Bonchev–Trinajstić information content (AvgIpc) is 1.77. The van der Waals surface area contributed by atoms with Crippen molar-refractivity contribution in [2.24, 2.45) is 0 Å². The summed E-state index contributed by atoms with van der Waals surface area (Å²) in [6.07, 6.45) is -0.125. The van der Waals surface area contributed by atoms with Crippen molar-refractivity contribution in [3.63, 3.8) is 0 Å². The molecule has 46 valence electrons. The lowest BCUT2D eigenvalue weighted by molar-refractivity contribution is -0.125. The van der Waals surface area contributed by atoms with Crippen LogP contribution in [0.4, 0.5) is 0 Å². The molecule has 0 aromatic carbocycles. The molecule has 0 bridgehead atoms. The Hall–Kier alpha value is -0.0200. The maximum absolute atomic E-state index is 10.5. The Morgan fingerprint density at radius 1 is 1.75 bits per heavy atom. The van der Waals surface area contributed by atoms with Crippen molar-refractivity contribution < 1.29 is 9.90 Å². The van der Waals surface area contributed by atoms with E-state index in [1.807, 2.05) is 0 Å². The molecule has 1 atom stereocenters. The van der Waals surface area contributed by atoms with Crippen LogP contribution in [0.3, 0.4) is 0 Å². The SMILES string of the molecule is O=C1CCSC[C@H]1O. The van der Waals surface area contributed by atoms with E-state index in [1.54, 1.807) is 11.8 Å². The van der Waals surface area contributed by atoms with Crippen molar-refractivity contribution in [2.45, 2.75) is 12.5 Å². The third kappa shape index (κ3) is 1.23. The molecule has 0 unspecified atom stereocenters. The number of aliphatic hydroxyl groups excluding tert-OH is 1. The first-order valence-electron chi connectivity index (χ1n) is 2.59. The van der Waals surface area contributed by atoms with E-state index < -0.39 is 6.10 Å². The first kappa shape index (κ1) is 6.11. The first-order chi connectivity index (χ1) is 3.80. The summed E-state index contributed by atoms with van der Waals surface area (Å²) in [4.78, 5) is 10.5. The van der Waals surface area contributed by atoms with Crippen LogP contribution in [0.1, 0.15) is 6.42 Å². The topological polar surface area (TPSA) is 37.3 Å². The lowest BCUT2D eigenvalue weighted by Gasteiger charge is -2.13. The summed E-state index contributed by atoms with van der Waals surface area (Å²) in [5.74, 6) is 1.48. The van der Waals surface area contributed by atoms with E-state index in [0.717, 1.165) is 5.75 Å². The fourth-order valence-corrected chi connectivity index (χ4v) is 1.55. The second-order valence-corrected chi connectivity index (χ2v) is 2.96. The lowest BCUT2D eigenvalue weighted by atomic mass is 10.2. The second-order valence-electron chi connectivity index (χ2n) is 1.81. The number of hydrogen-bond acceptors (Lipinski definition) is 3. The van der Waals surface area contributed by atoms with Crippen molar-refractivity contribution in [3.8, 4) is 0 Å². The zero-order chi connectivity index (χ0) is 5.98. The molecule has 0 spiro atoms. The van der Waals surface area contributed by atoms with Crippen molar-refractivity contribution in [1.82, 2.24) is 0 Å². The van der Waals surface area contributed by atoms with Gasteiger partial charge in [-0.1, -0.05) is 0 Å². The highest BCUT2D eigenvalue weighted by atomic mass is 32.2. The number of carbonyl (C=O) groups is 1. The van der Waals surface area contributed by atoms with E-state index in [1.165, 1.54) is 0 Å². The van der Waals surface area contributed by atoms with E-state index in [9.17, 15) is 4.79 Å². The van der Waals surface area contributed by atoms with Gasteiger partial charge in [-0.05, 0) is 0 Å². The van der Waals surface area contributed by atoms with Gasteiger partial charge in [0, 0.05) is 17.9 Å². The average molecular weight is 132 g/mol. The van der Waals surface area contributed by atoms with Crippen molar-refractivity contribution in [1.29, 1.82) is 0 Å². The molecule has 1 fully saturated rings. The van der Waals surface area contributed by atoms with Crippen molar-refractivity contribution >= 4 is 17.5 Å². The molecule has 0 saturated carbocycles. The van der Waals surface area contributed by atoms with Gasteiger partial charge in [-0.3, -0.25) is 4.79 Å². The van der Waals surface area contributed by atoms with Crippen LogP contribution in [0, 0.1) is 0 Å². The van der Waals surface area contributed by atoms with Crippen LogP contribution >= 0.6 is 11.8 Å². The molecule has 0 amide bonds. The van der Waals surface area contributed by atoms with Crippen LogP contribution in [0.25, 0.3) is 0 Å². The van der Waals surface area contributed by atoms with E-state index in [0.29, 0.717) is 12.2 Å². The van der Waals surface area contributed by atoms with Crippen LogP contribution in [0.5, 0.6) is 0 Å². The molecule has 3 heteroatoms. The summed E-state index contributed by atoms with van der Waals surface area (Å²) in [7, 11) is 0. The molecular weight excluding hydrogens is 124 g/mol. The third-order valence-corrected chi connectivity index (χ3v) is 2.18. The van der Waals surface area contributed by atoms with E-state index in [2.05, 4.69) is 0 Å². The molecule has 8 heavy (non-hydrogen) atoms. The number of rotatable bonds is 0. The van der Waals surface area contributed by atoms with Gasteiger partial charge in [-0.25, -0.2) is 0 Å². The van der Waals surface area contributed by atoms with Gasteiger partial charge in [0.25, 0.3) is 0 Å². The van der Waals surface area contributed by atoms with Crippen LogP contribution in [-0.4, -0.2) is 28.5 Å². The quantitative estimate of drug-likeness (QED) is 0.506.